The van der Waals surface area contributed by atoms with Gasteiger partial charge in [-0.1, -0.05) is 28.9 Å². The van der Waals surface area contributed by atoms with Gasteiger partial charge in [-0.15, -0.1) is 0 Å². The molecule has 0 aliphatic heterocycles. The minimum absolute atomic E-state index is 0.720. The molecule has 0 amide bonds. The van der Waals surface area contributed by atoms with E-state index >= 15 is 0 Å². The molecule has 1 aromatic heterocycles. The minimum Gasteiger partial charge on any atom is -0.360 e. The largest absolute Gasteiger partial charge is 0.360 e. The molecule has 2 rings (SSSR count). The molecule has 1 radical (unpaired) electrons. The molecule has 0 spiro atoms. The summed E-state index contributed by atoms with van der Waals surface area (Å²) in [6, 6.07) is 7.49. The highest BCUT2D eigenvalue weighted by Crippen LogP contribution is 2.23. The van der Waals surface area contributed by atoms with Crippen molar-refractivity contribution in [2.75, 3.05) is 0 Å². The summed E-state index contributed by atoms with van der Waals surface area (Å²) in [6.07, 6.45) is 2.78. The van der Waals surface area contributed by atoms with E-state index in [0.29, 0.717) is 0 Å². The van der Waals surface area contributed by atoms with Gasteiger partial charge in [-0.05, 0) is 24.6 Å². The minimum atomic E-state index is 0.720. The lowest BCUT2D eigenvalue weighted by atomic mass is 10.1. The average Bonchev–Trinajstić information content (AvgIpc) is 2.53. The van der Waals surface area contributed by atoms with E-state index in [2.05, 4.69) is 11.4 Å². The maximum atomic E-state index is 5.76. The second-order valence-corrected chi connectivity index (χ2v) is 3.17. The second-order valence-electron chi connectivity index (χ2n) is 2.73. The van der Waals surface area contributed by atoms with Crippen LogP contribution in [0.1, 0.15) is 5.76 Å². The lowest BCUT2D eigenvalue weighted by Crippen LogP contribution is -1.76. The van der Waals surface area contributed by atoms with Gasteiger partial charge in [0.25, 0.3) is 0 Å². The van der Waals surface area contributed by atoms with Crippen LogP contribution in [0.4, 0.5) is 0 Å². The molecular formula is C10H7ClNO. The number of hydrogen-bond acceptors (Lipinski definition) is 2. The monoisotopic (exact) mass is 192 g/mol. The van der Waals surface area contributed by atoms with Crippen LogP contribution < -0.4 is 0 Å². The van der Waals surface area contributed by atoms with Gasteiger partial charge in [-0.3, -0.25) is 0 Å². The maximum Gasteiger partial charge on any atom is 0.144 e. The number of rotatable bonds is 1. The zero-order valence-corrected chi connectivity index (χ0v) is 7.80. The van der Waals surface area contributed by atoms with E-state index in [1.165, 1.54) is 0 Å². The van der Waals surface area contributed by atoms with E-state index in [1.807, 2.05) is 31.2 Å². The summed E-state index contributed by atoms with van der Waals surface area (Å²) in [6.45, 7) is 1.85. The van der Waals surface area contributed by atoms with Gasteiger partial charge < -0.3 is 4.52 Å². The zero-order valence-electron chi connectivity index (χ0n) is 7.04. The van der Waals surface area contributed by atoms with Crippen molar-refractivity contribution in [2.24, 2.45) is 0 Å². The summed E-state index contributed by atoms with van der Waals surface area (Å²) in [4.78, 5) is 0. The third kappa shape index (κ3) is 1.58. The van der Waals surface area contributed by atoms with Crippen molar-refractivity contribution >= 4 is 11.6 Å². The Hall–Kier alpha value is -1.28. The molecule has 0 N–H and O–H groups in total. The summed E-state index contributed by atoms with van der Waals surface area (Å²) in [7, 11) is 0. The smallest absolute Gasteiger partial charge is 0.144 e. The molecule has 0 saturated carbocycles. The standard InChI is InChI=1S/C10H7ClNO/c1-7-10(6-12-13-7)8-2-4-9(11)5-3-8/h2-5H,1H3. The molecule has 13 heavy (non-hydrogen) atoms. The van der Waals surface area contributed by atoms with E-state index in [9.17, 15) is 0 Å². The highest BCUT2D eigenvalue weighted by molar-refractivity contribution is 6.30. The fraction of sp³-hybridized carbons (Fsp3) is 0.100. The quantitative estimate of drug-likeness (QED) is 0.694. The number of aryl methyl sites for hydroxylation is 1. The van der Waals surface area contributed by atoms with E-state index < -0.39 is 0 Å². The summed E-state index contributed by atoms with van der Waals surface area (Å²) in [5.74, 6) is 0.766. The van der Waals surface area contributed by atoms with Crippen LogP contribution in [0.25, 0.3) is 11.1 Å². The lowest BCUT2D eigenvalue weighted by Gasteiger charge is -1.96. The van der Waals surface area contributed by atoms with Crippen LogP contribution in [0.3, 0.4) is 0 Å². The molecule has 2 aromatic rings. The summed E-state index contributed by atoms with van der Waals surface area (Å²) in [5.41, 5.74) is 1.90. The molecule has 0 atom stereocenters. The normalized spacial score (nSPS) is 10.3. The molecule has 0 unspecified atom stereocenters. The van der Waals surface area contributed by atoms with Crippen molar-refractivity contribution < 1.29 is 4.52 Å². The molecule has 65 valence electrons. The van der Waals surface area contributed by atoms with Gasteiger partial charge in [0.1, 0.15) is 12.0 Å². The van der Waals surface area contributed by atoms with Gasteiger partial charge in [-0.2, -0.15) is 0 Å². The van der Waals surface area contributed by atoms with Crippen LogP contribution >= 0.6 is 11.6 Å². The van der Waals surface area contributed by atoms with E-state index in [4.69, 9.17) is 16.1 Å². The first-order valence-electron chi connectivity index (χ1n) is 3.87. The van der Waals surface area contributed by atoms with E-state index in [0.717, 1.165) is 21.9 Å². The summed E-state index contributed by atoms with van der Waals surface area (Å²) < 4.78 is 4.91. The Morgan fingerprint density at radius 1 is 1.31 bits per heavy atom. The molecule has 3 heteroatoms. The predicted molar refractivity (Wildman–Crippen MR) is 50.5 cm³/mol. The summed E-state index contributed by atoms with van der Waals surface area (Å²) in [5, 5.41) is 4.31. The fourth-order valence-electron chi connectivity index (χ4n) is 1.15. The zero-order chi connectivity index (χ0) is 9.26. The Morgan fingerprint density at radius 3 is 2.54 bits per heavy atom. The van der Waals surface area contributed by atoms with Crippen LogP contribution in [0, 0.1) is 13.1 Å². The van der Waals surface area contributed by atoms with Crippen molar-refractivity contribution in [1.29, 1.82) is 0 Å². The maximum absolute atomic E-state index is 5.76. The topological polar surface area (TPSA) is 26.0 Å². The fourth-order valence-corrected chi connectivity index (χ4v) is 1.27. The first-order valence-corrected chi connectivity index (χ1v) is 4.25. The molecule has 2 nitrogen and oxygen atoms in total. The van der Waals surface area contributed by atoms with Crippen LogP contribution in [0.2, 0.25) is 5.02 Å². The molecule has 0 aliphatic rings. The Morgan fingerprint density at radius 2 is 2.00 bits per heavy atom. The molecular weight excluding hydrogens is 186 g/mol. The number of benzene rings is 1. The number of halogens is 1. The van der Waals surface area contributed by atoms with Gasteiger partial charge in [-0.25, -0.2) is 0 Å². The molecule has 0 saturated heterocycles. The Kier molecular flexibility index (Phi) is 2.07. The van der Waals surface area contributed by atoms with Gasteiger partial charge in [0.15, 0.2) is 0 Å². The number of hydrogen-bond donors (Lipinski definition) is 0. The van der Waals surface area contributed by atoms with Gasteiger partial charge in [0.2, 0.25) is 0 Å². The first kappa shape index (κ1) is 8.32. The Balaban J connectivity index is 2.47. The Labute approximate surface area is 81.1 Å². The van der Waals surface area contributed by atoms with Gasteiger partial charge in [0, 0.05) is 5.02 Å². The van der Waals surface area contributed by atoms with Crippen molar-refractivity contribution in [3.8, 4) is 11.1 Å². The average molecular weight is 193 g/mol. The van der Waals surface area contributed by atoms with E-state index in [1.54, 1.807) is 0 Å². The number of aromatic nitrogens is 1. The Bertz CT molecular complexity index is 405. The third-order valence-electron chi connectivity index (χ3n) is 1.82. The first-order chi connectivity index (χ1) is 6.27. The molecule has 0 bridgehead atoms. The van der Waals surface area contributed by atoms with Crippen molar-refractivity contribution in [1.82, 2.24) is 5.16 Å². The molecule has 0 fully saturated rings. The van der Waals surface area contributed by atoms with Crippen molar-refractivity contribution in [2.45, 2.75) is 6.92 Å². The van der Waals surface area contributed by atoms with Crippen LogP contribution in [0.5, 0.6) is 0 Å². The van der Waals surface area contributed by atoms with Gasteiger partial charge in [0.05, 0.1) is 5.56 Å². The van der Waals surface area contributed by atoms with Crippen LogP contribution in [-0.4, -0.2) is 5.16 Å². The third-order valence-corrected chi connectivity index (χ3v) is 2.08. The lowest BCUT2D eigenvalue weighted by molar-refractivity contribution is 0.396. The number of nitrogens with zero attached hydrogens (tertiary/aromatic N) is 1. The molecule has 1 heterocycles. The highest BCUT2D eigenvalue weighted by Gasteiger charge is 2.05. The van der Waals surface area contributed by atoms with Crippen molar-refractivity contribution in [3.63, 3.8) is 0 Å². The van der Waals surface area contributed by atoms with E-state index in [-0.39, 0.29) is 0 Å². The predicted octanol–water partition coefficient (Wildman–Crippen LogP) is 3.10. The van der Waals surface area contributed by atoms with Crippen molar-refractivity contribution in [3.05, 3.63) is 41.2 Å². The molecule has 0 aliphatic carbocycles. The summed E-state index contributed by atoms with van der Waals surface area (Å²) >= 11 is 5.76. The van der Waals surface area contributed by atoms with Gasteiger partial charge >= 0.3 is 0 Å². The SMILES string of the molecule is Cc1on[c]c1-c1ccc(Cl)cc1. The second kappa shape index (κ2) is 3.23. The molecule has 1 aromatic carbocycles. The highest BCUT2D eigenvalue weighted by atomic mass is 35.5. The van der Waals surface area contributed by atoms with Crippen LogP contribution in [-0.2, 0) is 0 Å². The van der Waals surface area contributed by atoms with Crippen LogP contribution in [0.15, 0.2) is 28.8 Å².